The standard InChI is InChI=1S/C13H12Cl2N2O3/c14-8-1-2-10(15)11(5-8)17-12(18)6-9-7-20-4-3-16(9)13(17)19/h1-2,5,9H,3-4,6-7H2. The Bertz CT molecular complexity index is 579. The molecule has 3 rings (SSSR count). The molecule has 2 aliphatic rings. The van der Waals surface area contributed by atoms with Crippen molar-refractivity contribution >= 4 is 40.8 Å². The van der Waals surface area contributed by atoms with Crippen LogP contribution in [-0.4, -0.2) is 42.6 Å². The number of imide groups is 1. The number of rotatable bonds is 1. The maximum atomic E-state index is 12.5. The minimum absolute atomic E-state index is 0.182. The van der Waals surface area contributed by atoms with Crippen LogP contribution in [0.2, 0.25) is 10.0 Å². The quantitative estimate of drug-likeness (QED) is 0.800. The number of hydrogen-bond acceptors (Lipinski definition) is 3. The van der Waals surface area contributed by atoms with E-state index in [9.17, 15) is 9.59 Å². The van der Waals surface area contributed by atoms with Crippen molar-refractivity contribution in [2.24, 2.45) is 0 Å². The van der Waals surface area contributed by atoms with E-state index in [0.717, 1.165) is 4.90 Å². The van der Waals surface area contributed by atoms with Gasteiger partial charge in [-0.2, -0.15) is 0 Å². The molecule has 3 amide bonds. The highest BCUT2D eigenvalue weighted by Gasteiger charge is 2.41. The zero-order valence-corrected chi connectivity index (χ0v) is 12.0. The largest absolute Gasteiger partial charge is 0.377 e. The van der Waals surface area contributed by atoms with E-state index in [1.165, 1.54) is 6.07 Å². The van der Waals surface area contributed by atoms with E-state index in [2.05, 4.69) is 0 Å². The molecule has 2 saturated heterocycles. The molecule has 1 aromatic rings. The molecule has 0 spiro atoms. The first-order valence-electron chi connectivity index (χ1n) is 6.24. The van der Waals surface area contributed by atoms with E-state index in [-0.39, 0.29) is 24.4 Å². The van der Waals surface area contributed by atoms with Gasteiger partial charge in [0.05, 0.1) is 36.4 Å². The summed E-state index contributed by atoms with van der Waals surface area (Å²) in [5, 5.41) is 0.747. The molecular weight excluding hydrogens is 303 g/mol. The van der Waals surface area contributed by atoms with Crippen LogP contribution in [0.1, 0.15) is 6.42 Å². The van der Waals surface area contributed by atoms with Gasteiger partial charge in [-0.25, -0.2) is 9.69 Å². The Labute approximate surface area is 126 Å². The smallest absolute Gasteiger partial charge is 0.331 e. The van der Waals surface area contributed by atoms with Crippen molar-refractivity contribution < 1.29 is 14.3 Å². The summed E-state index contributed by atoms with van der Waals surface area (Å²) in [6, 6.07) is 4.17. The number of anilines is 1. The highest BCUT2D eigenvalue weighted by molar-refractivity contribution is 6.37. The van der Waals surface area contributed by atoms with E-state index in [4.69, 9.17) is 27.9 Å². The number of urea groups is 1. The summed E-state index contributed by atoms with van der Waals surface area (Å²) in [6.45, 7) is 1.35. The molecule has 0 radical (unpaired) electrons. The number of morpholine rings is 1. The van der Waals surface area contributed by atoms with Crippen LogP contribution in [0.15, 0.2) is 18.2 Å². The van der Waals surface area contributed by atoms with Crippen LogP contribution in [0.25, 0.3) is 0 Å². The van der Waals surface area contributed by atoms with Crippen molar-refractivity contribution in [3.05, 3.63) is 28.2 Å². The van der Waals surface area contributed by atoms with Gasteiger partial charge in [0.25, 0.3) is 0 Å². The lowest BCUT2D eigenvalue weighted by atomic mass is 10.1. The molecule has 0 N–H and O–H groups in total. The van der Waals surface area contributed by atoms with Crippen molar-refractivity contribution in [2.45, 2.75) is 12.5 Å². The molecule has 1 unspecified atom stereocenters. The molecule has 5 nitrogen and oxygen atoms in total. The Kier molecular flexibility index (Phi) is 3.58. The minimum Gasteiger partial charge on any atom is -0.377 e. The van der Waals surface area contributed by atoms with Crippen LogP contribution in [0.4, 0.5) is 10.5 Å². The van der Waals surface area contributed by atoms with Gasteiger partial charge in [0, 0.05) is 11.6 Å². The summed E-state index contributed by atoms with van der Waals surface area (Å²) >= 11 is 12.0. The monoisotopic (exact) mass is 314 g/mol. The van der Waals surface area contributed by atoms with Crippen molar-refractivity contribution in [2.75, 3.05) is 24.7 Å². The summed E-state index contributed by atoms with van der Waals surface area (Å²) in [7, 11) is 0. The maximum absolute atomic E-state index is 12.5. The number of fused-ring (bicyclic) bond motifs is 1. The Hall–Kier alpha value is -1.30. The Balaban J connectivity index is 1.98. The van der Waals surface area contributed by atoms with Gasteiger partial charge in [0.1, 0.15) is 0 Å². The molecular formula is C13H12Cl2N2O3. The predicted molar refractivity (Wildman–Crippen MR) is 75.3 cm³/mol. The third kappa shape index (κ3) is 2.26. The van der Waals surface area contributed by atoms with Gasteiger partial charge < -0.3 is 9.64 Å². The second-order valence-electron chi connectivity index (χ2n) is 4.73. The Morgan fingerprint density at radius 3 is 2.85 bits per heavy atom. The topological polar surface area (TPSA) is 49.9 Å². The summed E-state index contributed by atoms with van der Waals surface area (Å²) < 4.78 is 5.31. The van der Waals surface area contributed by atoms with Crippen molar-refractivity contribution in [3.63, 3.8) is 0 Å². The minimum atomic E-state index is -0.362. The molecule has 7 heteroatoms. The molecule has 0 saturated carbocycles. The highest BCUT2D eigenvalue weighted by atomic mass is 35.5. The zero-order chi connectivity index (χ0) is 14.3. The lowest BCUT2D eigenvalue weighted by molar-refractivity contribution is -0.122. The zero-order valence-electron chi connectivity index (χ0n) is 10.5. The van der Waals surface area contributed by atoms with Gasteiger partial charge in [-0.3, -0.25) is 4.79 Å². The number of benzene rings is 1. The van der Waals surface area contributed by atoms with Crippen molar-refractivity contribution in [1.29, 1.82) is 0 Å². The summed E-state index contributed by atoms with van der Waals surface area (Å²) in [6.07, 6.45) is 0.231. The van der Waals surface area contributed by atoms with Crippen molar-refractivity contribution in [3.8, 4) is 0 Å². The average molecular weight is 315 g/mol. The van der Waals surface area contributed by atoms with Crippen LogP contribution >= 0.6 is 23.2 Å². The first kappa shape index (κ1) is 13.7. The first-order chi connectivity index (χ1) is 9.58. The van der Waals surface area contributed by atoms with Gasteiger partial charge in [0.2, 0.25) is 5.91 Å². The predicted octanol–water partition coefficient (Wildman–Crippen LogP) is 2.55. The summed E-state index contributed by atoms with van der Waals surface area (Å²) in [5.74, 6) is -0.286. The van der Waals surface area contributed by atoms with Gasteiger partial charge in [0.15, 0.2) is 0 Å². The molecule has 2 heterocycles. The summed E-state index contributed by atoms with van der Waals surface area (Å²) in [5.41, 5.74) is 0.333. The number of ether oxygens (including phenoxy) is 1. The van der Waals surface area contributed by atoms with Gasteiger partial charge in [-0.15, -0.1) is 0 Å². The molecule has 2 fully saturated rings. The molecule has 0 bridgehead atoms. The highest BCUT2D eigenvalue weighted by Crippen LogP contribution is 2.33. The number of carbonyl (C=O) groups excluding carboxylic acids is 2. The SMILES string of the molecule is O=C1CC2COCCN2C(=O)N1c1cc(Cl)ccc1Cl. The van der Waals surface area contributed by atoms with E-state index < -0.39 is 0 Å². The fraction of sp³-hybridized carbons (Fsp3) is 0.385. The molecule has 0 aliphatic carbocycles. The number of hydrogen-bond donors (Lipinski definition) is 0. The fourth-order valence-electron chi connectivity index (χ4n) is 2.50. The van der Waals surface area contributed by atoms with Gasteiger partial charge in [-0.05, 0) is 18.2 Å². The van der Waals surface area contributed by atoms with E-state index in [1.54, 1.807) is 17.0 Å². The molecule has 106 valence electrons. The number of amides is 3. The lowest BCUT2D eigenvalue weighted by Gasteiger charge is -2.42. The Morgan fingerprint density at radius 2 is 2.05 bits per heavy atom. The van der Waals surface area contributed by atoms with E-state index in [0.29, 0.717) is 35.5 Å². The third-order valence-corrected chi connectivity index (χ3v) is 4.03. The van der Waals surface area contributed by atoms with E-state index >= 15 is 0 Å². The maximum Gasteiger partial charge on any atom is 0.331 e. The third-order valence-electron chi connectivity index (χ3n) is 3.47. The van der Waals surface area contributed by atoms with Crippen LogP contribution in [0.3, 0.4) is 0 Å². The number of halogens is 2. The molecule has 20 heavy (non-hydrogen) atoms. The van der Waals surface area contributed by atoms with E-state index in [1.807, 2.05) is 0 Å². The molecule has 0 aromatic heterocycles. The average Bonchev–Trinajstić information content (AvgIpc) is 2.42. The molecule has 1 aromatic carbocycles. The second-order valence-corrected chi connectivity index (χ2v) is 5.58. The van der Waals surface area contributed by atoms with Crippen LogP contribution in [-0.2, 0) is 9.53 Å². The number of carbonyl (C=O) groups is 2. The first-order valence-corrected chi connectivity index (χ1v) is 7.00. The van der Waals surface area contributed by atoms with Crippen LogP contribution < -0.4 is 4.90 Å². The van der Waals surface area contributed by atoms with Crippen LogP contribution in [0, 0.1) is 0 Å². The number of nitrogens with zero attached hydrogens (tertiary/aromatic N) is 2. The molecule has 1 atom stereocenters. The fourth-order valence-corrected chi connectivity index (χ4v) is 2.87. The second kappa shape index (κ2) is 5.24. The van der Waals surface area contributed by atoms with Crippen molar-refractivity contribution in [1.82, 2.24) is 4.90 Å². The normalized spacial score (nSPS) is 23.0. The Morgan fingerprint density at radius 1 is 1.25 bits per heavy atom. The molecule has 2 aliphatic heterocycles. The van der Waals surface area contributed by atoms with Gasteiger partial charge in [-0.1, -0.05) is 23.2 Å². The summed E-state index contributed by atoms with van der Waals surface area (Å²) in [4.78, 5) is 27.5. The van der Waals surface area contributed by atoms with Crippen LogP contribution in [0.5, 0.6) is 0 Å². The van der Waals surface area contributed by atoms with Gasteiger partial charge >= 0.3 is 6.03 Å². The lowest BCUT2D eigenvalue weighted by Crippen LogP contribution is -2.61.